The van der Waals surface area contributed by atoms with E-state index in [9.17, 15) is 4.79 Å². The summed E-state index contributed by atoms with van der Waals surface area (Å²) in [5, 5.41) is 0. The molecule has 2 aliphatic heterocycles. The van der Waals surface area contributed by atoms with Crippen molar-refractivity contribution in [2.24, 2.45) is 5.92 Å². The molecule has 0 amide bonds. The molecular weight excluding hydrogens is 354 g/mol. The Kier molecular flexibility index (Phi) is 5.30. The lowest BCUT2D eigenvalue weighted by molar-refractivity contribution is 0.240. The second kappa shape index (κ2) is 7.87. The topological polar surface area (TPSA) is 81.2 Å². The third-order valence-corrected chi connectivity index (χ3v) is 5.59. The standard InChI is InChI=1S/C20H29N7O/c1-14-5-4-7-27(11-14)20-23-17-13-26(8-6-16(17)18(28)24-20)12-15-9-21-19(22-10-15)25(2)3/h9-10,14H,4-8,11-13H2,1-3H3,(H,23,24,28). The van der Waals surface area contributed by atoms with Crippen molar-refractivity contribution in [3.63, 3.8) is 0 Å². The van der Waals surface area contributed by atoms with Gasteiger partial charge >= 0.3 is 0 Å². The lowest BCUT2D eigenvalue weighted by Crippen LogP contribution is -2.39. The van der Waals surface area contributed by atoms with Gasteiger partial charge in [0.15, 0.2) is 0 Å². The Bertz CT molecular complexity index is 877. The number of rotatable bonds is 4. The Balaban J connectivity index is 1.50. The van der Waals surface area contributed by atoms with Crippen LogP contribution in [0.5, 0.6) is 0 Å². The van der Waals surface area contributed by atoms with Gasteiger partial charge in [0.05, 0.1) is 5.69 Å². The van der Waals surface area contributed by atoms with Crippen molar-refractivity contribution >= 4 is 11.9 Å². The molecule has 8 heteroatoms. The Morgan fingerprint density at radius 1 is 1.25 bits per heavy atom. The summed E-state index contributed by atoms with van der Waals surface area (Å²) in [6.45, 7) is 6.47. The molecule has 1 unspecified atom stereocenters. The molecule has 2 aromatic rings. The number of aromatic nitrogens is 4. The van der Waals surface area contributed by atoms with Crippen molar-refractivity contribution < 1.29 is 0 Å². The van der Waals surface area contributed by atoms with Crippen LogP contribution in [0.3, 0.4) is 0 Å². The molecule has 150 valence electrons. The lowest BCUT2D eigenvalue weighted by Gasteiger charge is -2.33. The van der Waals surface area contributed by atoms with E-state index >= 15 is 0 Å². The maximum Gasteiger partial charge on any atom is 0.255 e. The van der Waals surface area contributed by atoms with Gasteiger partial charge < -0.3 is 9.80 Å². The molecule has 1 N–H and O–H groups in total. The average molecular weight is 384 g/mol. The Labute approximate surface area is 165 Å². The maximum atomic E-state index is 12.6. The van der Waals surface area contributed by atoms with E-state index in [1.807, 2.05) is 31.4 Å². The second-order valence-electron chi connectivity index (χ2n) is 8.25. The van der Waals surface area contributed by atoms with Crippen LogP contribution in [0.15, 0.2) is 17.2 Å². The Hall–Kier alpha value is -2.48. The molecule has 1 saturated heterocycles. The molecular formula is C20H29N7O. The molecule has 1 fully saturated rings. The molecule has 2 aliphatic rings. The van der Waals surface area contributed by atoms with Gasteiger partial charge in [-0.25, -0.2) is 15.0 Å². The van der Waals surface area contributed by atoms with Crippen molar-refractivity contribution in [2.75, 3.05) is 43.5 Å². The fraction of sp³-hybridized carbons (Fsp3) is 0.600. The summed E-state index contributed by atoms with van der Waals surface area (Å²) >= 11 is 0. The van der Waals surface area contributed by atoms with E-state index in [4.69, 9.17) is 4.98 Å². The fourth-order valence-corrected chi connectivity index (χ4v) is 4.07. The summed E-state index contributed by atoms with van der Waals surface area (Å²) < 4.78 is 0. The van der Waals surface area contributed by atoms with Crippen LogP contribution in [0, 0.1) is 5.92 Å². The van der Waals surface area contributed by atoms with E-state index in [0.29, 0.717) is 18.4 Å². The van der Waals surface area contributed by atoms with E-state index in [-0.39, 0.29) is 5.56 Å². The zero-order valence-corrected chi connectivity index (χ0v) is 17.0. The van der Waals surface area contributed by atoms with Gasteiger partial charge in [0.2, 0.25) is 11.9 Å². The fourth-order valence-electron chi connectivity index (χ4n) is 4.07. The Morgan fingerprint density at radius 2 is 2.04 bits per heavy atom. The van der Waals surface area contributed by atoms with E-state index in [0.717, 1.165) is 61.8 Å². The van der Waals surface area contributed by atoms with Crippen molar-refractivity contribution in [1.29, 1.82) is 0 Å². The lowest BCUT2D eigenvalue weighted by atomic mass is 10.0. The predicted octanol–water partition coefficient (Wildman–Crippen LogP) is 1.42. The average Bonchev–Trinajstić information content (AvgIpc) is 2.68. The highest BCUT2D eigenvalue weighted by molar-refractivity contribution is 5.35. The third kappa shape index (κ3) is 4.01. The number of hydrogen-bond donors (Lipinski definition) is 1. The molecule has 0 aromatic carbocycles. The minimum absolute atomic E-state index is 0.0246. The van der Waals surface area contributed by atoms with E-state index in [1.165, 1.54) is 6.42 Å². The highest BCUT2D eigenvalue weighted by Gasteiger charge is 2.24. The summed E-state index contributed by atoms with van der Waals surface area (Å²) in [4.78, 5) is 35.7. The quantitative estimate of drug-likeness (QED) is 0.855. The van der Waals surface area contributed by atoms with Crippen molar-refractivity contribution in [2.45, 2.75) is 39.3 Å². The number of hydrogen-bond acceptors (Lipinski definition) is 7. The number of anilines is 2. The smallest absolute Gasteiger partial charge is 0.255 e. The molecule has 0 radical (unpaired) electrons. The Morgan fingerprint density at radius 3 is 2.75 bits per heavy atom. The van der Waals surface area contributed by atoms with E-state index in [1.54, 1.807) is 0 Å². The molecule has 0 spiro atoms. The van der Waals surface area contributed by atoms with Crippen LogP contribution >= 0.6 is 0 Å². The molecule has 0 bridgehead atoms. The molecule has 1 atom stereocenters. The second-order valence-corrected chi connectivity index (χ2v) is 8.25. The number of nitrogens with one attached hydrogen (secondary N) is 1. The SMILES string of the molecule is CC1CCCN(c2nc3c(c(=O)[nH]2)CCN(Cc2cnc(N(C)C)nc2)C3)C1. The van der Waals surface area contributed by atoms with Crippen LogP contribution in [-0.4, -0.2) is 58.6 Å². The number of H-pyrrole nitrogens is 1. The van der Waals surface area contributed by atoms with Gasteiger partial charge in [-0.1, -0.05) is 6.92 Å². The highest BCUT2D eigenvalue weighted by atomic mass is 16.1. The highest BCUT2D eigenvalue weighted by Crippen LogP contribution is 2.22. The first-order chi connectivity index (χ1) is 13.5. The summed E-state index contributed by atoms with van der Waals surface area (Å²) in [5.41, 5.74) is 2.85. The van der Waals surface area contributed by atoms with Gasteiger partial charge in [0.1, 0.15) is 0 Å². The molecule has 0 aliphatic carbocycles. The first kappa shape index (κ1) is 18.9. The van der Waals surface area contributed by atoms with Gasteiger partial charge in [0.25, 0.3) is 5.56 Å². The normalized spacial score (nSPS) is 20.1. The minimum Gasteiger partial charge on any atom is -0.347 e. The molecule has 4 heterocycles. The van der Waals surface area contributed by atoms with Gasteiger partial charge in [-0.05, 0) is 25.2 Å². The summed E-state index contributed by atoms with van der Waals surface area (Å²) in [6, 6.07) is 0. The van der Waals surface area contributed by atoms with Crippen LogP contribution in [0.25, 0.3) is 0 Å². The molecule has 28 heavy (non-hydrogen) atoms. The zero-order valence-electron chi connectivity index (χ0n) is 17.0. The van der Waals surface area contributed by atoms with E-state index in [2.05, 4.69) is 31.7 Å². The third-order valence-electron chi connectivity index (χ3n) is 5.59. The maximum absolute atomic E-state index is 12.6. The van der Waals surface area contributed by atoms with Gasteiger partial charge in [-0.3, -0.25) is 14.7 Å². The monoisotopic (exact) mass is 383 g/mol. The molecule has 4 rings (SSSR count). The molecule has 2 aromatic heterocycles. The largest absolute Gasteiger partial charge is 0.347 e. The number of nitrogens with zero attached hydrogens (tertiary/aromatic N) is 6. The first-order valence-corrected chi connectivity index (χ1v) is 10.1. The zero-order chi connectivity index (χ0) is 19.7. The minimum atomic E-state index is 0.0246. The summed E-state index contributed by atoms with van der Waals surface area (Å²) in [7, 11) is 3.86. The number of piperidine rings is 1. The molecule has 0 saturated carbocycles. The molecule has 8 nitrogen and oxygen atoms in total. The van der Waals surface area contributed by atoms with Crippen LogP contribution in [0.1, 0.15) is 36.6 Å². The van der Waals surface area contributed by atoms with Crippen LogP contribution in [0.2, 0.25) is 0 Å². The van der Waals surface area contributed by atoms with Crippen LogP contribution in [0.4, 0.5) is 11.9 Å². The van der Waals surface area contributed by atoms with E-state index < -0.39 is 0 Å². The summed E-state index contributed by atoms with van der Waals surface area (Å²) in [6.07, 6.45) is 6.88. The first-order valence-electron chi connectivity index (χ1n) is 10.1. The number of aromatic amines is 1. The van der Waals surface area contributed by atoms with Crippen molar-refractivity contribution in [1.82, 2.24) is 24.8 Å². The van der Waals surface area contributed by atoms with Crippen molar-refractivity contribution in [3.05, 3.63) is 39.6 Å². The van der Waals surface area contributed by atoms with Crippen LogP contribution < -0.4 is 15.4 Å². The number of fused-ring (bicyclic) bond motifs is 1. The van der Waals surface area contributed by atoms with Gasteiger partial charge in [-0.2, -0.15) is 0 Å². The van der Waals surface area contributed by atoms with Crippen LogP contribution in [-0.2, 0) is 19.5 Å². The van der Waals surface area contributed by atoms with Gasteiger partial charge in [0, 0.05) is 70.3 Å². The van der Waals surface area contributed by atoms with Gasteiger partial charge in [-0.15, -0.1) is 0 Å². The summed E-state index contributed by atoms with van der Waals surface area (Å²) in [5.74, 6) is 2.08. The predicted molar refractivity (Wildman–Crippen MR) is 110 cm³/mol. The van der Waals surface area contributed by atoms with Crippen molar-refractivity contribution in [3.8, 4) is 0 Å².